The third-order valence-electron chi connectivity index (χ3n) is 5.25. The highest BCUT2D eigenvalue weighted by atomic mass is 32.1. The molecule has 0 saturated heterocycles. The highest BCUT2D eigenvalue weighted by molar-refractivity contribution is 7.09. The van der Waals surface area contributed by atoms with E-state index >= 15 is 0 Å². The lowest BCUT2D eigenvalue weighted by atomic mass is 10.1. The molecule has 0 atom stereocenters. The van der Waals surface area contributed by atoms with Crippen LogP contribution in [-0.2, 0) is 12.8 Å². The molecule has 0 N–H and O–H groups in total. The number of benzene rings is 2. The number of unbranched alkanes of at least 4 members (excludes halogenated alkanes) is 2. The van der Waals surface area contributed by atoms with Crippen molar-refractivity contribution in [3.8, 4) is 17.1 Å². The van der Waals surface area contributed by atoms with Gasteiger partial charge in [0.15, 0.2) is 0 Å². The molecule has 4 nitrogen and oxygen atoms in total. The molecule has 5 heteroatoms. The summed E-state index contributed by atoms with van der Waals surface area (Å²) in [5.74, 6) is 0.584. The lowest BCUT2D eigenvalue weighted by molar-refractivity contribution is 0.328. The van der Waals surface area contributed by atoms with Crippen LogP contribution in [0.15, 0.2) is 60.0 Å². The molecule has 0 amide bonds. The standard InChI is InChI=1S/C27H29N3OS/c1-3-25-28-22(19-32-25)15-8-6-5-7-12-20-13-11-14-21(18-20)26-27(31-4-2)30-24-17-10-9-16-23(24)29-26/h7,9-14,16-19H,3-6,8,15H2,1-2H3/b12-7+. The Morgan fingerprint density at radius 1 is 0.938 bits per heavy atom. The van der Waals surface area contributed by atoms with Crippen molar-refractivity contribution in [3.63, 3.8) is 0 Å². The van der Waals surface area contributed by atoms with Crippen LogP contribution < -0.4 is 4.74 Å². The molecule has 0 aliphatic carbocycles. The summed E-state index contributed by atoms with van der Waals surface area (Å²) in [4.78, 5) is 14.2. The number of thiazole rings is 1. The van der Waals surface area contributed by atoms with Gasteiger partial charge in [0.2, 0.25) is 5.88 Å². The van der Waals surface area contributed by atoms with Crippen LogP contribution >= 0.6 is 11.3 Å². The molecule has 0 aliphatic heterocycles. The summed E-state index contributed by atoms with van der Waals surface area (Å²) >= 11 is 1.78. The molecule has 0 spiro atoms. The number of aromatic nitrogens is 3. The Morgan fingerprint density at radius 2 is 1.78 bits per heavy atom. The van der Waals surface area contributed by atoms with Crippen molar-refractivity contribution < 1.29 is 4.74 Å². The minimum atomic E-state index is 0.556. The Bertz CT molecular complexity index is 1200. The van der Waals surface area contributed by atoms with Crippen molar-refractivity contribution in [1.29, 1.82) is 0 Å². The summed E-state index contributed by atoms with van der Waals surface area (Å²) in [6.07, 6.45) is 9.95. The lowest BCUT2D eigenvalue weighted by Gasteiger charge is -2.10. The number of hydrogen-bond acceptors (Lipinski definition) is 5. The molecule has 2 heterocycles. The zero-order chi connectivity index (χ0) is 22.2. The molecule has 0 fully saturated rings. The number of fused-ring (bicyclic) bond motifs is 1. The first kappa shape index (κ1) is 22.2. The molecule has 32 heavy (non-hydrogen) atoms. The minimum absolute atomic E-state index is 0.556. The molecule has 164 valence electrons. The fourth-order valence-corrected chi connectivity index (χ4v) is 4.39. The summed E-state index contributed by atoms with van der Waals surface area (Å²) in [6.45, 7) is 4.68. The van der Waals surface area contributed by atoms with E-state index in [0.29, 0.717) is 12.5 Å². The fourth-order valence-electron chi connectivity index (χ4n) is 3.61. The van der Waals surface area contributed by atoms with Gasteiger partial charge in [-0.1, -0.05) is 49.4 Å². The van der Waals surface area contributed by atoms with E-state index in [2.05, 4.69) is 53.7 Å². The largest absolute Gasteiger partial charge is 0.476 e. The van der Waals surface area contributed by atoms with Crippen LogP contribution in [0.2, 0.25) is 0 Å². The number of hydrogen-bond donors (Lipinski definition) is 0. The summed E-state index contributed by atoms with van der Waals surface area (Å²) in [6, 6.07) is 16.3. The van der Waals surface area contributed by atoms with Gasteiger partial charge in [-0.15, -0.1) is 11.3 Å². The molecule has 4 rings (SSSR count). The second-order valence-corrected chi connectivity index (χ2v) is 8.60. The maximum absolute atomic E-state index is 5.81. The number of allylic oxidation sites excluding steroid dienone is 1. The van der Waals surface area contributed by atoms with Crippen LogP contribution in [0.4, 0.5) is 0 Å². The van der Waals surface area contributed by atoms with Crippen molar-refractivity contribution in [2.75, 3.05) is 6.61 Å². The maximum Gasteiger partial charge on any atom is 0.241 e. The topological polar surface area (TPSA) is 47.9 Å². The van der Waals surface area contributed by atoms with E-state index in [-0.39, 0.29) is 0 Å². The monoisotopic (exact) mass is 443 g/mol. The number of nitrogens with zero attached hydrogens (tertiary/aromatic N) is 3. The van der Waals surface area contributed by atoms with Gasteiger partial charge in [0.25, 0.3) is 0 Å². The number of rotatable bonds is 10. The molecule has 4 aromatic rings. The Kier molecular flexibility index (Phi) is 7.62. The third-order valence-corrected chi connectivity index (χ3v) is 6.29. The number of aryl methyl sites for hydroxylation is 2. The van der Waals surface area contributed by atoms with Crippen LogP contribution in [0, 0.1) is 0 Å². The molecule has 0 bridgehead atoms. The molecule has 0 saturated carbocycles. The Hall–Kier alpha value is -3.05. The van der Waals surface area contributed by atoms with Gasteiger partial charge in [-0.3, -0.25) is 0 Å². The average molecular weight is 444 g/mol. The second kappa shape index (κ2) is 11.0. The van der Waals surface area contributed by atoms with Gasteiger partial charge in [-0.25, -0.2) is 15.0 Å². The number of ether oxygens (including phenoxy) is 1. The Morgan fingerprint density at radius 3 is 2.56 bits per heavy atom. The van der Waals surface area contributed by atoms with E-state index in [1.54, 1.807) is 11.3 Å². The zero-order valence-electron chi connectivity index (χ0n) is 18.8. The smallest absolute Gasteiger partial charge is 0.241 e. The predicted molar refractivity (Wildman–Crippen MR) is 134 cm³/mol. The van der Waals surface area contributed by atoms with Crippen LogP contribution in [0.25, 0.3) is 28.4 Å². The van der Waals surface area contributed by atoms with Crippen LogP contribution in [-0.4, -0.2) is 21.6 Å². The number of para-hydroxylation sites is 2. The van der Waals surface area contributed by atoms with Gasteiger partial charge in [-0.05, 0) is 62.8 Å². The van der Waals surface area contributed by atoms with E-state index in [4.69, 9.17) is 14.7 Å². The van der Waals surface area contributed by atoms with Gasteiger partial charge in [0.1, 0.15) is 5.69 Å². The van der Waals surface area contributed by atoms with E-state index < -0.39 is 0 Å². The molecular weight excluding hydrogens is 414 g/mol. The van der Waals surface area contributed by atoms with Gasteiger partial charge in [0, 0.05) is 10.9 Å². The van der Waals surface area contributed by atoms with Gasteiger partial charge in [-0.2, -0.15) is 0 Å². The Labute approximate surface area is 194 Å². The van der Waals surface area contributed by atoms with Crippen molar-refractivity contribution >= 4 is 28.4 Å². The first-order valence-electron chi connectivity index (χ1n) is 11.4. The van der Waals surface area contributed by atoms with E-state index in [0.717, 1.165) is 47.1 Å². The zero-order valence-corrected chi connectivity index (χ0v) is 19.6. The third kappa shape index (κ3) is 5.60. The maximum atomic E-state index is 5.81. The van der Waals surface area contributed by atoms with Crippen molar-refractivity contribution in [2.45, 2.75) is 46.0 Å². The molecule has 0 aliphatic rings. The van der Waals surface area contributed by atoms with E-state index in [1.807, 2.05) is 31.2 Å². The molecule has 0 radical (unpaired) electrons. The molecular formula is C27H29N3OS. The Balaban J connectivity index is 1.41. The first-order chi connectivity index (χ1) is 15.8. The normalized spacial score (nSPS) is 11.4. The van der Waals surface area contributed by atoms with Crippen LogP contribution in [0.1, 0.15) is 49.4 Å². The van der Waals surface area contributed by atoms with Gasteiger partial charge < -0.3 is 4.74 Å². The highest BCUT2D eigenvalue weighted by Crippen LogP contribution is 2.29. The quantitative estimate of drug-likeness (QED) is 0.244. The summed E-state index contributed by atoms with van der Waals surface area (Å²) in [5, 5.41) is 3.44. The molecule has 2 aromatic carbocycles. The predicted octanol–water partition coefficient (Wildman–Crippen LogP) is 7.14. The van der Waals surface area contributed by atoms with Gasteiger partial charge >= 0.3 is 0 Å². The van der Waals surface area contributed by atoms with E-state index in [9.17, 15) is 0 Å². The highest BCUT2D eigenvalue weighted by Gasteiger charge is 2.12. The second-order valence-electron chi connectivity index (χ2n) is 7.66. The lowest BCUT2D eigenvalue weighted by Crippen LogP contribution is -2.00. The minimum Gasteiger partial charge on any atom is -0.476 e. The summed E-state index contributed by atoms with van der Waals surface area (Å²) in [5.41, 5.74) is 5.93. The van der Waals surface area contributed by atoms with Crippen LogP contribution in [0.3, 0.4) is 0 Å². The van der Waals surface area contributed by atoms with E-state index in [1.165, 1.54) is 23.5 Å². The SMILES string of the molecule is CCOc1nc2ccccc2nc1-c1cccc(/C=C/CCCCc2csc(CC)n2)c1. The first-order valence-corrected chi connectivity index (χ1v) is 12.2. The molecule has 2 aromatic heterocycles. The van der Waals surface area contributed by atoms with Crippen molar-refractivity contribution in [1.82, 2.24) is 15.0 Å². The summed E-state index contributed by atoms with van der Waals surface area (Å²) in [7, 11) is 0. The summed E-state index contributed by atoms with van der Waals surface area (Å²) < 4.78 is 5.81. The van der Waals surface area contributed by atoms with Crippen LogP contribution in [0.5, 0.6) is 5.88 Å². The van der Waals surface area contributed by atoms with Crippen molar-refractivity contribution in [2.24, 2.45) is 0 Å². The molecule has 0 unspecified atom stereocenters. The fraction of sp³-hybridized carbons (Fsp3) is 0.296. The van der Waals surface area contributed by atoms with Gasteiger partial charge in [0.05, 0.1) is 28.3 Å². The van der Waals surface area contributed by atoms with Crippen molar-refractivity contribution in [3.05, 3.63) is 76.3 Å². The average Bonchev–Trinajstić information content (AvgIpc) is 3.29.